The van der Waals surface area contributed by atoms with E-state index >= 15 is 0 Å². The average Bonchev–Trinajstić information content (AvgIpc) is 3.06. The Morgan fingerprint density at radius 2 is 2.14 bits per heavy atom. The third kappa shape index (κ3) is 2.95. The highest BCUT2D eigenvalue weighted by molar-refractivity contribution is 5.59. The van der Waals surface area contributed by atoms with E-state index in [0.717, 1.165) is 54.4 Å². The summed E-state index contributed by atoms with van der Waals surface area (Å²) in [6, 6.07) is 2.00. The molecule has 1 fully saturated rings. The van der Waals surface area contributed by atoms with Gasteiger partial charge in [0.05, 0.1) is 5.56 Å². The maximum absolute atomic E-state index is 5.56. The lowest BCUT2D eigenvalue weighted by Gasteiger charge is -2.30. The minimum atomic E-state index is 0.767. The van der Waals surface area contributed by atoms with E-state index in [1.54, 1.807) is 0 Å². The van der Waals surface area contributed by atoms with Crippen LogP contribution in [0.2, 0.25) is 0 Å². The smallest absolute Gasteiger partial charge is 0.245 e. The molecule has 3 heterocycles. The number of furan rings is 1. The van der Waals surface area contributed by atoms with Crippen LogP contribution in [0.3, 0.4) is 0 Å². The van der Waals surface area contributed by atoms with E-state index < -0.39 is 0 Å². The third-order valence-corrected chi connectivity index (χ3v) is 4.16. The molecule has 6 heteroatoms. The molecule has 0 atom stereocenters. The summed E-state index contributed by atoms with van der Waals surface area (Å²) in [5, 5.41) is 10.7. The maximum Gasteiger partial charge on any atom is 0.245 e. The lowest BCUT2D eigenvalue weighted by molar-refractivity contribution is 0.391. The van der Waals surface area contributed by atoms with Crippen LogP contribution in [-0.4, -0.2) is 41.9 Å². The summed E-state index contributed by atoms with van der Waals surface area (Å²) in [7, 11) is 2.02. The summed E-state index contributed by atoms with van der Waals surface area (Å²) in [6.45, 7) is 7.04. The molecule has 1 saturated heterocycles. The van der Waals surface area contributed by atoms with Crippen molar-refractivity contribution in [3.8, 4) is 11.4 Å². The van der Waals surface area contributed by atoms with Crippen molar-refractivity contribution in [2.45, 2.75) is 26.7 Å². The monoisotopic (exact) mass is 289 g/mol. The van der Waals surface area contributed by atoms with E-state index in [0.29, 0.717) is 0 Å². The molecule has 3 rings (SSSR count). The van der Waals surface area contributed by atoms with Crippen LogP contribution >= 0.6 is 0 Å². The SMILES string of the molecule is CNCC1CCN(c2n[nH]c(-c3cc(C)oc3C)n2)CC1. The van der Waals surface area contributed by atoms with E-state index in [1.165, 1.54) is 12.8 Å². The molecule has 1 aliphatic heterocycles. The Morgan fingerprint density at radius 3 is 2.76 bits per heavy atom. The number of nitrogens with one attached hydrogen (secondary N) is 2. The van der Waals surface area contributed by atoms with E-state index in [2.05, 4.69) is 25.4 Å². The van der Waals surface area contributed by atoms with Gasteiger partial charge in [-0.25, -0.2) is 0 Å². The minimum Gasteiger partial charge on any atom is -0.466 e. The molecule has 0 bridgehead atoms. The average molecular weight is 289 g/mol. The zero-order valence-corrected chi connectivity index (χ0v) is 12.9. The van der Waals surface area contributed by atoms with Crippen LogP contribution in [0.1, 0.15) is 24.4 Å². The quantitative estimate of drug-likeness (QED) is 0.902. The van der Waals surface area contributed by atoms with E-state index in [1.807, 2.05) is 27.0 Å². The molecule has 2 aromatic heterocycles. The second-order valence-electron chi connectivity index (χ2n) is 5.80. The first-order valence-corrected chi connectivity index (χ1v) is 7.56. The van der Waals surface area contributed by atoms with Crippen molar-refractivity contribution >= 4 is 5.95 Å². The van der Waals surface area contributed by atoms with Crippen LogP contribution < -0.4 is 10.2 Å². The molecule has 1 aliphatic rings. The van der Waals surface area contributed by atoms with Gasteiger partial charge in [-0.05, 0) is 52.3 Å². The van der Waals surface area contributed by atoms with E-state index in [-0.39, 0.29) is 0 Å². The summed E-state index contributed by atoms with van der Waals surface area (Å²) >= 11 is 0. The topological polar surface area (TPSA) is 70.0 Å². The molecule has 2 aromatic rings. The molecular weight excluding hydrogens is 266 g/mol. The zero-order chi connectivity index (χ0) is 14.8. The van der Waals surface area contributed by atoms with Gasteiger partial charge in [-0.2, -0.15) is 4.98 Å². The van der Waals surface area contributed by atoms with Crippen LogP contribution in [-0.2, 0) is 0 Å². The fourth-order valence-corrected chi connectivity index (χ4v) is 3.01. The molecule has 0 aliphatic carbocycles. The normalized spacial score (nSPS) is 16.6. The fraction of sp³-hybridized carbons (Fsp3) is 0.600. The highest BCUT2D eigenvalue weighted by Gasteiger charge is 2.22. The molecular formula is C15H23N5O. The maximum atomic E-state index is 5.56. The number of H-pyrrole nitrogens is 1. The molecule has 114 valence electrons. The Kier molecular flexibility index (Phi) is 3.96. The lowest BCUT2D eigenvalue weighted by Crippen LogP contribution is -2.37. The van der Waals surface area contributed by atoms with E-state index in [9.17, 15) is 0 Å². The van der Waals surface area contributed by atoms with Gasteiger partial charge in [0.25, 0.3) is 0 Å². The first-order chi connectivity index (χ1) is 10.2. The Hall–Kier alpha value is -1.82. The van der Waals surface area contributed by atoms with Crippen LogP contribution in [0.5, 0.6) is 0 Å². The fourth-order valence-electron chi connectivity index (χ4n) is 3.01. The summed E-state index contributed by atoms with van der Waals surface area (Å²) in [5.74, 6) is 4.13. The van der Waals surface area contributed by atoms with Crippen molar-refractivity contribution in [2.24, 2.45) is 5.92 Å². The van der Waals surface area contributed by atoms with Gasteiger partial charge in [0.15, 0.2) is 5.82 Å². The number of aromatic nitrogens is 3. The van der Waals surface area contributed by atoms with E-state index in [4.69, 9.17) is 4.42 Å². The first-order valence-electron chi connectivity index (χ1n) is 7.56. The number of aryl methyl sites for hydroxylation is 2. The number of nitrogens with zero attached hydrogens (tertiary/aromatic N) is 3. The van der Waals surface area contributed by atoms with Crippen LogP contribution in [0.25, 0.3) is 11.4 Å². The van der Waals surface area contributed by atoms with Gasteiger partial charge in [-0.3, -0.25) is 5.10 Å². The second kappa shape index (κ2) is 5.89. The van der Waals surface area contributed by atoms with Crippen LogP contribution in [0.4, 0.5) is 5.95 Å². The van der Waals surface area contributed by atoms with Gasteiger partial charge in [0, 0.05) is 13.1 Å². The van der Waals surface area contributed by atoms with Gasteiger partial charge >= 0.3 is 0 Å². The van der Waals surface area contributed by atoms with Crippen molar-refractivity contribution in [3.05, 3.63) is 17.6 Å². The molecule has 0 aromatic carbocycles. The molecule has 0 radical (unpaired) electrons. The summed E-state index contributed by atoms with van der Waals surface area (Å²) in [5.41, 5.74) is 0.997. The number of aromatic amines is 1. The highest BCUT2D eigenvalue weighted by Crippen LogP contribution is 2.26. The number of hydrogen-bond donors (Lipinski definition) is 2. The third-order valence-electron chi connectivity index (χ3n) is 4.16. The van der Waals surface area contributed by atoms with Gasteiger partial charge < -0.3 is 14.6 Å². The standard InChI is InChI=1S/C15H23N5O/c1-10-8-13(11(2)21-10)14-17-15(19-18-14)20-6-4-12(5-7-20)9-16-3/h8,12,16H,4-7,9H2,1-3H3,(H,17,18,19). The second-order valence-corrected chi connectivity index (χ2v) is 5.80. The molecule has 0 spiro atoms. The lowest BCUT2D eigenvalue weighted by atomic mass is 9.97. The van der Waals surface area contributed by atoms with Crippen molar-refractivity contribution in [1.29, 1.82) is 0 Å². The van der Waals surface area contributed by atoms with Crippen molar-refractivity contribution in [3.63, 3.8) is 0 Å². The van der Waals surface area contributed by atoms with Gasteiger partial charge in [-0.1, -0.05) is 0 Å². The first kappa shape index (κ1) is 14.1. The molecule has 0 saturated carbocycles. The summed E-state index contributed by atoms with van der Waals surface area (Å²) in [4.78, 5) is 6.89. The van der Waals surface area contributed by atoms with Gasteiger partial charge in [0.2, 0.25) is 5.95 Å². The number of anilines is 1. The number of hydrogen-bond acceptors (Lipinski definition) is 5. The Balaban J connectivity index is 1.70. The molecule has 0 amide bonds. The Labute approximate surface area is 124 Å². The largest absolute Gasteiger partial charge is 0.466 e. The molecule has 21 heavy (non-hydrogen) atoms. The van der Waals surface area contributed by atoms with Gasteiger partial charge in [-0.15, -0.1) is 5.10 Å². The predicted octanol–water partition coefficient (Wildman–Crippen LogP) is 2.12. The zero-order valence-electron chi connectivity index (χ0n) is 12.9. The Bertz CT molecular complexity index is 595. The molecule has 6 nitrogen and oxygen atoms in total. The predicted molar refractivity (Wildman–Crippen MR) is 82.4 cm³/mol. The Morgan fingerprint density at radius 1 is 1.38 bits per heavy atom. The highest BCUT2D eigenvalue weighted by atomic mass is 16.3. The van der Waals surface area contributed by atoms with Crippen molar-refractivity contribution < 1.29 is 4.42 Å². The van der Waals surface area contributed by atoms with Gasteiger partial charge in [0.1, 0.15) is 11.5 Å². The van der Waals surface area contributed by atoms with Crippen molar-refractivity contribution in [1.82, 2.24) is 20.5 Å². The van der Waals surface area contributed by atoms with Crippen LogP contribution in [0.15, 0.2) is 10.5 Å². The molecule has 0 unspecified atom stereocenters. The van der Waals surface area contributed by atoms with Crippen LogP contribution in [0, 0.1) is 19.8 Å². The minimum absolute atomic E-state index is 0.767. The summed E-state index contributed by atoms with van der Waals surface area (Å²) in [6.07, 6.45) is 2.38. The number of piperidine rings is 1. The van der Waals surface area contributed by atoms with Crippen molar-refractivity contribution in [2.75, 3.05) is 31.6 Å². The molecule has 2 N–H and O–H groups in total. The number of rotatable bonds is 4. The summed E-state index contributed by atoms with van der Waals surface area (Å²) < 4.78 is 5.56.